The average molecular weight is 459 g/mol. The Morgan fingerprint density at radius 2 is 1.85 bits per heavy atom. The lowest BCUT2D eigenvalue weighted by molar-refractivity contribution is -0.122. The van der Waals surface area contributed by atoms with Crippen molar-refractivity contribution in [2.24, 2.45) is 0 Å². The molecule has 0 radical (unpaired) electrons. The molecule has 9 nitrogen and oxygen atoms in total. The molecule has 1 saturated heterocycles. The molecule has 172 valence electrons. The summed E-state index contributed by atoms with van der Waals surface area (Å²) in [6.07, 6.45) is 1.29. The maximum absolute atomic E-state index is 13.6. The Morgan fingerprint density at radius 1 is 1.12 bits per heavy atom. The van der Waals surface area contributed by atoms with Crippen molar-refractivity contribution >= 4 is 23.4 Å². The zero-order chi connectivity index (χ0) is 24.2. The van der Waals surface area contributed by atoms with Gasteiger partial charge in [-0.2, -0.15) is 5.26 Å². The van der Waals surface area contributed by atoms with Gasteiger partial charge in [0.1, 0.15) is 11.8 Å². The summed E-state index contributed by atoms with van der Waals surface area (Å²) < 4.78 is 16.0. The van der Waals surface area contributed by atoms with Crippen molar-refractivity contribution in [3.05, 3.63) is 77.7 Å². The van der Waals surface area contributed by atoms with Crippen molar-refractivity contribution in [2.75, 3.05) is 19.1 Å². The fraction of sp³-hybridized carbons (Fsp3) is 0.200. The number of amides is 3. The van der Waals surface area contributed by atoms with Gasteiger partial charge in [-0.15, -0.1) is 0 Å². The van der Waals surface area contributed by atoms with Crippen LogP contribution >= 0.6 is 0 Å². The molecule has 34 heavy (non-hydrogen) atoms. The first-order valence-corrected chi connectivity index (χ1v) is 10.4. The number of nitriles is 1. The number of furan rings is 1. The van der Waals surface area contributed by atoms with Gasteiger partial charge in [-0.25, -0.2) is 4.90 Å². The molecule has 0 N–H and O–H groups in total. The van der Waals surface area contributed by atoms with E-state index in [1.165, 1.54) is 55.7 Å². The normalized spacial score (nSPS) is 15.2. The SMILES string of the molecule is COc1ccc(C(=O)N(Cc2ccco2)C2CC(=O)N(c3ccc(C#N)cc3)C2=O)cc1OC. The maximum atomic E-state index is 13.6. The smallest absolute Gasteiger partial charge is 0.257 e. The maximum Gasteiger partial charge on any atom is 0.257 e. The number of nitrogens with zero attached hydrogens (tertiary/aromatic N) is 3. The van der Waals surface area contributed by atoms with Gasteiger partial charge in [-0.05, 0) is 54.6 Å². The lowest BCUT2D eigenvalue weighted by Gasteiger charge is -2.27. The molecule has 0 bridgehead atoms. The molecule has 1 aliphatic heterocycles. The predicted octanol–water partition coefficient (Wildman–Crippen LogP) is 3.14. The van der Waals surface area contributed by atoms with Gasteiger partial charge in [0.25, 0.3) is 11.8 Å². The van der Waals surface area contributed by atoms with Crippen LogP contribution in [0.3, 0.4) is 0 Å². The molecule has 0 spiro atoms. The molecule has 2 aromatic carbocycles. The molecule has 1 aromatic heterocycles. The number of imide groups is 1. The molecule has 2 heterocycles. The lowest BCUT2D eigenvalue weighted by atomic mass is 10.1. The molecule has 3 aromatic rings. The first-order valence-electron chi connectivity index (χ1n) is 10.4. The molecular formula is C25H21N3O6. The van der Waals surface area contributed by atoms with Crippen LogP contribution in [0.4, 0.5) is 5.69 Å². The minimum absolute atomic E-state index is 0.00885. The van der Waals surface area contributed by atoms with Crippen LogP contribution in [0.2, 0.25) is 0 Å². The van der Waals surface area contributed by atoms with Crippen LogP contribution in [0.25, 0.3) is 0 Å². The predicted molar refractivity (Wildman–Crippen MR) is 120 cm³/mol. The van der Waals surface area contributed by atoms with Gasteiger partial charge in [-0.1, -0.05) is 0 Å². The van der Waals surface area contributed by atoms with Gasteiger partial charge in [0.2, 0.25) is 5.91 Å². The third kappa shape index (κ3) is 4.21. The third-order valence-electron chi connectivity index (χ3n) is 5.55. The fourth-order valence-corrected chi connectivity index (χ4v) is 3.84. The summed E-state index contributed by atoms with van der Waals surface area (Å²) >= 11 is 0. The molecule has 9 heteroatoms. The number of benzene rings is 2. The van der Waals surface area contributed by atoms with Crippen LogP contribution in [-0.2, 0) is 16.1 Å². The number of anilines is 1. The second kappa shape index (κ2) is 9.50. The van der Waals surface area contributed by atoms with Crippen molar-refractivity contribution in [3.8, 4) is 17.6 Å². The summed E-state index contributed by atoms with van der Waals surface area (Å²) in [6, 6.07) is 15.1. The van der Waals surface area contributed by atoms with E-state index < -0.39 is 23.8 Å². The van der Waals surface area contributed by atoms with E-state index in [0.29, 0.717) is 28.5 Å². The Kier molecular flexibility index (Phi) is 6.32. The number of carbonyl (C=O) groups is 3. The monoisotopic (exact) mass is 459 g/mol. The van der Waals surface area contributed by atoms with E-state index in [4.69, 9.17) is 19.2 Å². The second-order valence-corrected chi connectivity index (χ2v) is 7.53. The summed E-state index contributed by atoms with van der Waals surface area (Å²) in [4.78, 5) is 42.2. The number of carbonyl (C=O) groups excluding carboxylic acids is 3. The van der Waals surface area contributed by atoms with Crippen molar-refractivity contribution in [3.63, 3.8) is 0 Å². The highest BCUT2D eigenvalue weighted by atomic mass is 16.5. The van der Waals surface area contributed by atoms with Crippen molar-refractivity contribution in [2.45, 2.75) is 19.0 Å². The first-order chi connectivity index (χ1) is 16.5. The van der Waals surface area contributed by atoms with E-state index in [-0.39, 0.29) is 18.5 Å². The van der Waals surface area contributed by atoms with Gasteiger partial charge >= 0.3 is 0 Å². The first kappa shape index (κ1) is 22.6. The molecule has 0 aliphatic carbocycles. The van der Waals surface area contributed by atoms with E-state index in [1.807, 2.05) is 6.07 Å². The molecule has 4 rings (SSSR count). The number of ether oxygens (including phenoxy) is 2. The van der Waals surface area contributed by atoms with Crippen molar-refractivity contribution in [1.82, 2.24) is 4.90 Å². The molecule has 1 fully saturated rings. The number of hydrogen-bond donors (Lipinski definition) is 0. The van der Waals surface area contributed by atoms with Crippen LogP contribution in [0.15, 0.2) is 65.3 Å². The number of methoxy groups -OCH3 is 2. The summed E-state index contributed by atoms with van der Waals surface area (Å²) in [7, 11) is 2.95. The fourth-order valence-electron chi connectivity index (χ4n) is 3.84. The molecular weight excluding hydrogens is 438 g/mol. The van der Waals surface area contributed by atoms with Crippen molar-refractivity contribution < 1.29 is 28.3 Å². The Balaban J connectivity index is 1.68. The van der Waals surface area contributed by atoms with Gasteiger partial charge in [0, 0.05) is 5.56 Å². The average Bonchev–Trinajstić information content (AvgIpc) is 3.48. The number of hydrogen-bond acceptors (Lipinski definition) is 7. The molecule has 1 aliphatic rings. The van der Waals surface area contributed by atoms with Gasteiger partial charge in [-0.3, -0.25) is 14.4 Å². The highest BCUT2D eigenvalue weighted by molar-refractivity contribution is 6.23. The van der Waals surface area contributed by atoms with Crippen LogP contribution in [0.1, 0.15) is 28.1 Å². The zero-order valence-corrected chi connectivity index (χ0v) is 18.6. The standard InChI is InChI=1S/C25H21N3O6/c1-32-21-10-7-17(12-22(21)33-2)24(30)27(15-19-4-3-11-34-19)20-13-23(29)28(25(20)31)18-8-5-16(14-26)6-9-18/h3-12,20H,13,15H2,1-2H3. The molecule has 0 saturated carbocycles. The van der Waals surface area contributed by atoms with E-state index in [0.717, 1.165) is 4.90 Å². The highest BCUT2D eigenvalue weighted by Gasteiger charge is 2.44. The Labute approximate surface area is 195 Å². The van der Waals surface area contributed by atoms with E-state index in [9.17, 15) is 14.4 Å². The minimum atomic E-state index is -1.03. The van der Waals surface area contributed by atoms with Crippen LogP contribution < -0.4 is 14.4 Å². The van der Waals surface area contributed by atoms with Crippen LogP contribution in [0.5, 0.6) is 11.5 Å². The Hall–Kier alpha value is -4.58. The second-order valence-electron chi connectivity index (χ2n) is 7.53. The van der Waals surface area contributed by atoms with Gasteiger partial charge < -0.3 is 18.8 Å². The summed E-state index contributed by atoms with van der Waals surface area (Å²) in [5, 5.41) is 9.01. The molecule has 1 unspecified atom stereocenters. The van der Waals surface area contributed by atoms with E-state index in [2.05, 4.69) is 0 Å². The largest absolute Gasteiger partial charge is 0.493 e. The van der Waals surface area contributed by atoms with Gasteiger partial charge in [0.15, 0.2) is 11.5 Å². The zero-order valence-electron chi connectivity index (χ0n) is 18.6. The lowest BCUT2D eigenvalue weighted by Crippen LogP contribution is -2.45. The highest BCUT2D eigenvalue weighted by Crippen LogP contribution is 2.31. The van der Waals surface area contributed by atoms with Crippen LogP contribution in [-0.4, -0.2) is 42.9 Å². The van der Waals surface area contributed by atoms with Crippen molar-refractivity contribution in [1.29, 1.82) is 5.26 Å². The molecule has 1 atom stereocenters. The topological polar surface area (TPSA) is 113 Å². The van der Waals surface area contributed by atoms with Crippen LogP contribution in [0, 0.1) is 11.3 Å². The summed E-state index contributed by atoms with van der Waals surface area (Å²) in [6.45, 7) is -0.00885. The minimum Gasteiger partial charge on any atom is -0.493 e. The number of rotatable bonds is 7. The summed E-state index contributed by atoms with van der Waals surface area (Å²) in [5.41, 5.74) is 1.01. The quantitative estimate of drug-likeness (QED) is 0.499. The van der Waals surface area contributed by atoms with E-state index >= 15 is 0 Å². The third-order valence-corrected chi connectivity index (χ3v) is 5.55. The Morgan fingerprint density at radius 3 is 2.47 bits per heavy atom. The Bertz CT molecular complexity index is 1260. The molecule has 3 amide bonds. The summed E-state index contributed by atoms with van der Waals surface area (Å²) in [5.74, 6) is -0.162. The van der Waals surface area contributed by atoms with Gasteiger partial charge in [0.05, 0.1) is 50.8 Å². The van der Waals surface area contributed by atoms with E-state index in [1.54, 1.807) is 24.3 Å².